The van der Waals surface area contributed by atoms with E-state index >= 15 is 0 Å². The highest BCUT2D eigenvalue weighted by Gasteiger charge is 2.12. The van der Waals surface area contributed by atoms with Crippen LogP contribution in [0.2, 0.25) is 0 Å². The van der Waals surface area contributed by atoms with Crippen molar-refractivity contribution in [1.29, 1.82) is 0 Å². The normalized spacial score (nSPS) is 12.4. The molecule has 0 saturated heterocycles. The van der Waals surface area contributed by atoms with Gasteiger partial charge in [0.05, 0.1) is 6.04 Å². The van der Waals surface area contributed by atoms with Gasteiger partial charge in [0.15, 0.2) is 0 Å². The first-order valence-corrected chi connectivity index (χ1v) is 6.38. The van der Waals surface area contributed by atoms with Gasteiger partial charge in [-0.1, -0.05) is 6.07 Å². The van der Waals surface area contributed by atoms with Crippen molar-refractivity contribution in [2.24, 2.45) is 0 Å². The molecule has 0 aromatic carbocycles. The average Bonchev–Trinajstić information content (AvgIpc) is 2.82. The second-order valence-electron chi connectivity index (χ2n) is 3.75. The Hall–Kier alpha value is -1.46. The van der Waals surface area contributed by atoms with Gasteiger partial charge >= 0.3 is 0 Å². The fourth-order valence-electron chi connectivity index (χ4n) is 1.58. The van der Waals surface area contributed by atoms with Gasteiger partial charge in [0, 0.05) is 23.4 Å². The topological polar surface area (TPSA) is 58.0 Å². The maximum absolute atomic E-state index is 9.09. The standard InChI is InChI=1S/C12H15N3OS/c1-9-4-6-13-12(14-9)15-10(5-7-16)11-3-2-8-17-11/h2-4,6,8,10,16H,5,7H2,1H3,(H,13,14,15). The van der Waals surface area contributed by atoms with Gasteiger partial charge in [-0.15, -0.1) is 11.3 Å². The van der Waals surface area contributed by atoms with Crippen molar-refractivity contribution in [3.63, 3.8) is 0 Å². The van der Waals surface area contributed by atoms with Crippen molar-refractivity contribution in [3.05, 3.63) is 40.3 Å². The van der Waals surface area contributed by atoms with Crippen LogP contribution in [-0.4, -0.2) is 21.7 Å². The third-order valence-electron chi connectivity index (χ3n) is 2.40. The van der Waals surface area contributed by atoms with Crippen LogP contribution in [0, 0.1) is 6.92 Å². The number of aromatic nitrogens is 2. The molecule has 0 bridgehead atoms. The van der Waals surface area contributed by atoms with Crippen molar-refractivity contribution < 1.29 is 5.11 Å². The highest BCUT2D eigenvalue weighted by molar-refractivity contribution is 7.10. The molecular weight excluding hydrogens is 234 g/mol. The van der Waals surface area contributed by atoms with Gasteiger partial charge in [-0.2, -0.15) is 0 Å². The molecule has 0 radical (unpaired) electrons. The summed E-state index contributed by atoms with van der Waals surface area (Å²) < 4.78 is 0. The third-order valence-corrected chi connectivity index (χ3v) is 3.39. The Balaban J connectivity index is 2.13. The van der Waals surface area contributed by atoms with E-state index in [1.54, 1.807) is 17.5 Å². The van der Waals surface area contributed by atoms with Crippen LogP contribution in [0.3, 0.4) is 0 Å². The molecule has 2 aromatic rings. The molecule has 17 heavy (non-hydrogen) atoms. The molecule has 2 rings (SSSR count). The Kier molecular flexibility index (Phi) is 4.06. The van der Waals surface area contributed by atoms with Gasteiger partial charge in [0.1, 0.15) is 0 Å². The third kappa shape index (κ3) is 3.25. The lowest BCUT2D eigenvalue weighted by Crippen LogP contribution is -2.13. The molecule has 0 aliphatic heterocycles. The fraction of sp³-hybridized carbons (Fsp3) is 0.333. The summed E-state index contributed by atoms with van der Waals surface area (Å²) in [7, 11) is 0. The quantitative estimate of drug-likeness (QED) is 0.854. The van der Waals surface area contributed by atoms with E-state index in [0.717, 1.165) is 5.69 Å². The van der Waals surface area contributed by atoms with Crippen molar-refractivity contribution in [2.75, 3.05) is 11.9 Å². The summed E-state index contributed by atoms with van der Waals surface area (Å²) in [4.78, 5) is 9.66. The minimum absolute atomic E-state index is 0.0711. The summed E-state index contributed by atoms with van der Waals surface area (Å²) in [6.45, 7) is 2.07. The molecule has 1 atom stereocenters. The first-order valence-electron chi connectivity index (χ1n) is 5.50. The number of nitrogens with one attached hydrogen (secondary N) is 1. The summed E-state index contributed by atoms with van der Waals surface area (Å²) in [5.41, 5.74) is 0.927. The zero-order chi connectivity index (χ0) is 12.1. The highest BCUT2D eigenvalue weighted by atomic mass is 32.1. The molecule has 2 N–H and O–H groups in total. The van der Waals surface area contributed by atoms with Crippen LogP contribution in [0.15, 0.2) is 29.8 Å². The summed E-state index contributed by atoms with van der Waals surface area (Å²) in [5, 5.41) is 14.4. The molecule has 0 aliphatic carbocycles. The monoisotopic (exact) mass is 249 g/mol. The van der Waals surface area contributed by atoms with E-state index in [0.29, 0.717) is 12.4 Å². The second-order valence-corrected chi connectivity index (χ2v) is 4.73. The van der Waals surface area contributed by atoms with E-state index in [1.165, 1.54) is 4.88 Å². The van der Waals surface area contributed by atoms with Crippen LogP contribution < -0.4 is 5.32 Å². The van der Waals surface area contributed by atoms with Crippen LogP contribution in [0.1, 0.15) is 23.0 Å². The minimum atomic E-state index is 0.0711. The number of aryl methyl sites for hydroxylation is 1. The summed E-state index contributed by atoms with van der Waals surface area (Å²) in [5.74, 6) is 0.608. The number of hydrogen-bond donors (Lipinski definition) is 2. The maximum Gasteiger partial charge on any atom is 0.223 e. The lowest BCUT2D eigenvalue weighted by molar-refractivity contribution is 0.280. The van der Waals surface area contributed by atoms with Gasteiger partial charge in [-0.25, -0.2) is 9.97 Å². The maximum atomic E-state index is 9.09. The molecule has 0 saturated carbocycles. The molecule has 4 nitrogen and oxygen atoms in total. The summed E-state index contributed by atoms with van der Waals surface area (Å²) in [6.07, 6.45) is 2.38. The minimum Gasteiger partial charge on any atom is -0.396 e. The molecule has 2 aromatic heterocycles. The number of thiophene rings is 1. The molecule has 90 valence electrons. The number of nitrogens with zero attached hydrogens (tertiary/aromatic N) is 2. The van der Waals surface area contributed by atoms with E-state index in [4.69, 9.17) is 5.11 Å². The van der Waals surface area contributed by atoms with E-state index in [2.05, 4.69) is 15.3 Å². The Bertz CT molecular complexity index is 459. The largest absolute Gasteiger partial charge is 0.396 e. The summed E-state index contributed by atoms with van der Waals surface area (Å²) in [6, 6.07) is 5.98. The van der Waals surface area contributed by atoms with Gasteiger partial charge in [-0.3, -0.25) is 0 Å². The molecule has 1 unspecified atom stereocenters. The van der Waals surface area contributed by atoms with Crippen LogP contribution >= 0.6 is 11.3 Å². The predicted molar refractivity (Wildman–Crippen MR) is 69.2 cm³/mol. The summed E-state index contributed by atoms with van der Waals surface area (Å²) >= 11 is 1.67. The van der Waals surface area contributed by atoms with Crippen molar-refractivity contribution in [3.8, 4) is 0 Å². The zero-order valence-corrected chi connectivity index (χ0v) is 10.4. The fourth-order valence-corrected chi connectivity index (χ4v) is 2.39. The van der Waals surface area contributed by atoms with Crippen molar-refractivity contribution >= 4 is 17.3 Å². The van der Waals surface area contributed by atoms with Gasteiger partial charge in [0.25, 0.3) is 0 Å². The number of anilines is 1. The Morgan fingerprint density at radius 3 is 3.00 bits per heavy atom. The van der Waals surface area contributed by atoms with E-state index in [9.17, 15) is 0 Å². The predicted octanol–water partition coefficient (Wildman–Crippen LogP) is 2.38. The second kappa shape index (κ2) is 5.75. The van der Waals surface area contributed by atoms with Crippen LogP contribution in [-0.2, 0) is 0 Å². The molecule has 2 heterocycles. The molecular formula is C12H15N3OS. The highest BCUT2D eigenvalue weighted by Crippen LogP contribution is 2.24. The van der Waals surface area contributed by atoms with Crippen molar-refractivity contribution in [2.45, 2.75) is 19.4 Å². The average molecular weight is 249 g/mol. The van der Waals surface area contributed by atoms with Gasteiger partial charge in [-0.05, 0) is 30.9 Å². The Labute approximate surface area is 104 Å². The van der Waals surface area contributed by atoms with Crippen LogP contribution in [0.25, 0.3) is 0 Å². The number of hydrogen-bond acceptors (Lipinski definition) is 5. The lowest BCUT2D eigenvalue weighted by Gasteiger charge is -2.16. The first kappa shape index (κ1) is 12.0. The van der Waals surface area contributed by atoms with Crippen molar-refractivity contribution in [1.82, 2.24) is 9.97 Å². The van der Waals surface area contributed by atoms with E-state index in [-0.39, 0.29) is 12.6 Å². The number of aliphatic hydroxyl groups is 1. The SMILES string of the molecule is Cc1ccnc(NC(CCO)c2cccs2)n1. The first-order chi connectivity index (χ1) is 8.29. The molecule has 5 heteroatoms. The zero-order valence-electron chi connectivity index (χ0n) is 9.63. The molecule has 0 aliphatic rings. The van der Waals surface area contributed by atoms with E-state index < -0.39 is 0 Å². The lowest BCUT2D eigenvalue weighted by atomic mass is 10.2. The number of aliphatic hydroxyl groups excluding tert-OH is 1. The van der Waals surface area contributed by atoms with Gasteiger partial charge in [0.2, 0.25) is 5.95 Å². The molecule has 0 amide bonds. The van der Waals surface area contributed by atoms with Gasteiger partial charge < -0.3 is 10.4 Å². The van der Waals surface area contributed by atoms with Crippen LogP contribution in [0.5, 0.6) is 0 Å². The molecule has 0 spiro atoms. The van der Waals surface area contributed by atoms with E-state index in [1.807, 2.05) is 30.5 Å². The Morgan fingerprint density at radius 2 is 2.35 bits per heavy atom. The van der Waals surface area contributed by atoms with Crippen LogP contribution in [0.4, 0.5) is 5.95 Å². The number of rotatable bonds is 5. The molecule has 0 fully saturated rings. The Morgan fingerprint density at radius 1 is 1.47 bits per heavy atom. The smallest absolute Gasteiger partial charge is 0.223 e.